The van der Waals surface area contributed by atoms with Crippen molar-refractivity contribution in [2.24, 2.45) is 0 Å². The van der Waals surface area contributed by atoms with Crippen LogP contribution in [0.15, 0.2) is 24.3 Å². The average molecular weight is 187 g/mol. The smallest absolute Gasteiger partial charge is 0.268 e. The van der Waals surface area contributed by atoms with Crippen LogP contribution < -0.4 is 10.4 Å². The Morgan fingerprint density at radius 1 is 1.50 bits per heavy atom. The van der Waals surface area contributed by atoms with Gasteiger partial charge in [-0.25, -0.2) is 4.57 Å². The Bertz CT molecular complexity index is 519. The van der Waals surface area contributed by atoms with E-state index >= 15 is 0 Å². The SMILES string of the molecule is Cc1n(N)c2ccccc2[n+]1CC#N. The highest BCUT2D eigenvalue weighted by Gasteiger charge is 2.18. The molecule has 0 saturated heterocycles. The van der Waals surface area contributed by atoms with Crippen molar-refractivity contribution in [3.05, 3.63) is 30.1 Å². The van der Waals surface area contributed by atoms with Crippen LogP contribution in [0.5, 0.6) is 0 Å². The van der Waals surface area contributed by atoms with Crippen LogP contribution in [0.1, 0.15) is 5.82 Å². The fourth-order valence-electron chi connectivity index (χ4n) is 1.65. The molecule has 1 aromatic carbocycles. The second-order valence-electron chi connectivity index (χ2n) is 3.15. The van der Waals surface area contributed by atoms with Gasteiger partial charge in [-0.15, -0.1) is 4.68 Å². The van der Waals surface area contributed by atoms with Crippen LogP contribution in [0.3, 0.4) is 0 Å². The Hall–Kier alpha value is -2.02. The van der Waals surface area contributed by atoms with E-state index in [2.05, 4.69) is 6.07 Å². The van der Waals surface area contributed by atoms with E-state index in [1.165, 1.54) is 0 Å². The van der Waals surface area contributed by atoms with Gasteiger partial charge in [-0.3, -0.25) is 5.84 Å². The normalized spacial score (nSPS) is 10.3. The number of hydrogen-bond acceptors (Lipinski definition) is 2. The molecular formula is C10H11N4+. The largest absolute Gasteiger partial charge is 0.278 e. The number of para-hydroxylation sites is 2. The molecule has 0 aliphatic carbocycles. The van der Waals surface area contributed by atoms with Crippen molar-refractivity contribution in [3.63, 3.8) is 0 Å². The summed E-state index contributed by atoms with van der Waals surface area (Å²) in [6.07, 6.45) is 0. The van der Waals surface area contributed by atoms with E-state index in [1.807, 2.05) is 35.8 Å². The average Bonchev–Trinajstić information content (AvgIpc) is 2.45. The van der Waals surface area contributed by atoms with Crippen molar-refractivity contribution < 1.29 is 4.57 Å². The molecule has 4 heteroatoms. The summed E-state index contributed by atoms with van der Waals surface area (Å²) < 4.78 is 3.50. The second kappa shape index (κ2) is 3.04. The number of imidazole rings is 1. The molecule has 70 valence electrons. The molecule has 0 aliphatic rings. The lowest BCUT2D eigenvalue weighted by molar-refractivity contribution is -0.666. The maximum Gasteiger partial charge on any atom is 0.278 e. The highest BCUT2D eigenvalue weighted by atomic mass is 15.3. The van der Waals surface area contributed by atoms with Gasteiger partial charge >= 0.3 is 0 Å². The highest BCUT2D eigenvalue weighted by molar-refractivity contribution is 5.72. The van der Waals surface area contributed by atoms with Crippen LogP contribution in [0, 0.1) is 18.3 Å². The Morgan fingerprint density at radius 2 is 2.21 bits per heavy atom. The zero-order valence-corrected chi connectivity index (χ0v) is 7.94. The summed E-state index contributed by atoms with van der Waals surface area (Å²) in [4.78, 5) is 0. The Balaban J connectivity index is 2.82. The van der Waals surface area contributed by atoms with Crippen LogP contribution in [-0.4, -0.2) is 4.68 Å². The van der Waals surface area contributed by atoms with Gasteiger partial charge in [0.1, 0.15) is 6.07 Å². The Morgan fingerprint density at radius 3 is 2.93 bits per heavy atom. The number of fused-ring (bicyclic) bond motifs is 1. The molecule has 0 spiro atoms. The van der Waals surface area contributed by atoms with E-state index in [4.69, 9.17) is 11.1 Å². The van der Waals surface area contributed by atoms with Crippen LogP contribution in [0.2, 0.25) is 0 Å². The molecule has 0 aliphatic heterocycles. The van der Waals surface area contributed by atoms with Gasteiger partial charge in [-0.05, 0) is 12.1 Å². The first-order chi connectivity index (χ1) is 6.75. The summed E-state index contributed by atoms with van der Waals surface area (Å²) in [6.45, 7) is 2.23. The van der Waals surface area contributed by atoms with Crippen molar-refractivity contribution in [3.8, 4) is 6.07 Å². The van der Waals surface area contributed by atoms with Gasteiger partial charge < -0.3 is 0 Å². The number of rotatable bonds is 1. The van der Waals surface area contributed by atoms with Crippen LogP contribution in [-0.2, 0) is 6.54 Å². The molecule has 2 rings (SSSR count). The van der Waals surface area contributed by atoms with E-state index in [0.29, 0.717) is 6.54 Å². The van der Waals surface area contributed by atoms with E-state index in [9.17, 15) is 0 Å². The topological polar surface area (TPSA) is 58.6 Å². The monoisotopic (exact) mass is 187 g/mol. The molecule has 0 atom stereocenters. The van der Waals surface area contributed by atoms with Crippen LogP contribution >= 0.6 is 0 Å². The van der Waals surface area contributed by atoms with Crippen LogP contribution in [0.25, 0.3) is 11.0 Å². The molecule has 2 N–H and O–H groups in total. The minimum absolute atomic E-state index is 0.330. The zero-order valence-electron chi connectivity index (χ0n) is 7.94. The van der Waals surface area contributed by atoms with E-state index in [1.54, 1.807) is 4.68 Å². The Kier molecular flexibility index (Phi) is 1.86. The summed E-state index contributed by atoms with van der Waals surface area (Å²) in [5.74, 6) is 6.74. The van der Waals surface area contributed by atoms with Crippen molar-refractivity contribution >= 4 is 11.0 Å². The third-order valence-corrected chi connectivity index (χ3v) is 2.40. The number of aromatic nitrogens is 2. The second-order valence-corrected chi connectivity index (χ2v) is 3.15. The third kappa shape index (κ3) is 1.03. The highest BCUT2D eigenvalue weighted by Crippen LogP contribution is 2.10. The molecule has 0 bridgehead atoms. The summed E-state index contributed by atoms with van der Waals surface area (Å²) in [6, 6.07) is 9.90. The maximum atomic E-state index is 8.69. The van der Waals surface area contributed by atoms with Gasteiger partial charge in [-0.2, -0.15) is 5.26 Å². The number of benzene rings is 1. The molecule has 2 aromatic rings. The van der Waals surface area contributed by atoms with E-state index in [-0.39, 0.29) is 0 Å². The quantitative estimate of drug-likeness (QED) is 0.521. The molecule has 4 nitrogen and oxygen atoms in total. The van der Waals surface area contributed by atoms with Gasteiger partial charge in [-0.1, -0.05) is 12.1 Å². The van der Waals surface area contributed by atoms with E-state index < -0.39 is 0 Å². The lowest BCUT2D eigenvalue weighted by Crippen LogP contribution is -2.36. The van der Waals surface area contributed by atoms with Gasteiger partial charge in [0.25, 0.3) is 5.82 Å². The summed E-state index contributed by atoms with van der Waals surface area (Å²) in [5.41, 5.74) is 1.94. The molecule has 0 amide bonds. The minimum Gasteiger partial charge on any atom is -0.268 e. The molecule has 1 aromatic heterocycles. The number of nitrogens with two attached hydrogens (primary N) is 1. The first kappa shape index (κ1) is 8.57. The van der Waals surface area contributed by atoms with Crippen LogP contribution in [0.4, 0.5) is 0 Å². The molecule has 0 saturated carbocycles. The third-order valence-electron chi connectivity index (χ3n) is 2.40. The summed E-state index contributed by atoms with van der Waals surface area (Å²) >= 11 is 0. The summed E-state index contributed by atoms with van der Waals surface area (Å²) in [7, 11) is 0. The maximum absolute atomic E-state index is 8.69. The lowest BCUT2D eigenvalue weighted by Gasteiger charge is -1.90. The van der Waals surface area contributed by atoms with Gasteiger partial charge in [0, 0.05) is 6.92 Å². The fraction of sp³-hybridized carbons (Fsp3) is 0.200. The van der Waals surface area contributed by atoms with Gasteiger partial charge in [0.2, 0.25) is 0 Å². The fourth-order valence-corrected chi connectivity index (χ4v) is 1.65. The first-order valence-electron chi connectivity index (χ1n) is 4.37. The number of nitriles is 1. The molecule has 0 fully saturated rings. The Labute approximate surface area is 81.8 Å². The predicted octanol–water partition coefficient (Wildman–Crippen LogP) is 0.475. The summed E-state index contributed by atoms with van der Waals surface area (Å²) in [5, 5.41) is 8.69. The molecular weight excluding hydrogens is 176 g/mol. The predicted molar refractivity (Wildman–Crippen MR) is 52.6 cm³/mol. The first-order valence-corrected chi connectivity index (χ1v) is 4.37. The van der Waals surface area contributed by atoms with Gasteiger partial charge in [0.05, 0.1) is 0 Å². The van der Waals surface area contributed by atoms with Crippen molar-refractivity contribution in [1.29, 1.82) is 5.26 Å². The van der Waals surface area contributed by atoms with E-state index in [0.717, 1.165) is 16.9 Å². The number of nitrogen functional groups attached to an aromatic ring is 1. The number of nitrogens with zero attached hydrogens (tertiary/aromatic N) is 3. The molecule has 0 radical (unpaired) electrons. The van der Waals surface area contributed by atoms with Crippen molar-refractivity contribution in [2.45, 2.75) is 13.5 Å². The number of hydrogen-bond donors (Lipinski definition) is 1. The molecule has 1 heterocycles. The standard InChI is InChI=1S/C10H11N4/c1-8-13(7-6-11)9-4-2-3-5-10(9)14(8)12/h2-5H,7,12H2,1H3/q+1. The van der Waals surface area contributed by atoms with Gasteiger partial charge in [0.15, 0.2) is 17.6 Å². The lowest BCUT2D eigenvalue weighted by atomic mass is 10.3. The van der Waals surface area contributed by atoms with Crippen molar-refractivity contribution in [2.75, 3.05) is 5.84 Å². The molecule has 0 unspecified atom stereocenters. The minimum atomic E-state index is 0.330. The zero-order chi connectivity index (χ0) is 10.1. The molecule has 14 heavy (non-hydrogen) atoms. The van der Waals surface area contributed by atoms with Crippen molar-refractivity contribution in [1.82, 2.24) is 4.68 Å².